The van der Waals surface area contributed by atoms with Crippen LogP contribution in [0, 0.1) is 5.92 Å². The minimum absolute atomic E-state index is 0. The lowest BCUT2D eigenvalue weighted by Gasteiger charge is -2.13. The van der Waals surface area contributed by atoms with E-state index in [0.29, 0.717) is 18.8 Å². The Morgan fingerprint density at radius 3 is 2.90 bits per heavy atom. The average Bonchev–Trinajstić information content (AvgIpc) is 2.83. The number of thioether (sulfide) groups is 1. The quantitative estimate of drug-likeness (QED) is 0.707. The normalized spacial score (nSPS) is 20.2. The second-order valence-corrected chi connectivity index (χ2v) is 5.63. The number of aliphatic hydroxyl groups is 1. The summed E-state index contributed by atoms with van der Waals surface area (Å²) >= 11 is 1.57. The van der Waals surface area contributed by atoms with Gasteiger partial charge < -0.3 is 15.7 Å². The number of pyridine rings is 1. The number of halogens is 2. The average molecular weight is 354 g/mol. The van der Waals surface area contributed by atoms with Crippen LogP contribution >= 0.6 is 36.6 Å². The van der Waals surface area contributed by atoms with Crippen LogP contribution in [0.5, 0.6) is 0 Å². The van der Waals surface area contributed by atoms with Crippen LogP contribution in [0.4, 0.5) is 0 Å². The fourth-order valence-corrected chi connectivity index (χ4v) is 2.76. The van der Waals surface area contributed by atoms with Crippen molar-refractivity contribution < 1.29 is 9.90 Å². The molecule has 0 radical (unpaired) electrons. The molecule has 8 heteroatoms. The molecule has 0 spiro atoms. The summed E-state index contributed by atoms with van der Waals surface area (Å²) in [5.41, 5.74) is 1.12. The van der Waals surface area contributed by atoms with Crippen molar-refractivity contribution in [3.63, 3.8) is 0 Å². The number of amides is 1. The van der Waals surface area contributed by atoms with Gasteiger partial charge in [-0.1, -0.05) is 6.07 Å². The topological polar surface area (TPSA) is 74.2 Å². The van der Waals surface area contributed by atoms with Gasteiger partial charge in [-0.3, -0.25) is 9.78 Å². The van der Waals surface area contributed by atoms with Crippen molar-refractivity contribution in [2.24, 2.45) is 5.92 Å². The Morgan fingerprint density at radius 2 is 2.29 bits per heavy atom. The van der Waals surface area contributed by atoms with Gasteiger partial charge in [0.15, 0.2) is 0 Å². The molecule has 5 nitrogen and oxygen atoms in total. The number of hydrogen-bond donors (Lipinski definition) is 3. The Hall–Kier alpha value is -0.530. The predicted molar refractivity (Wildman–Crippen MR) is 90.3 cm³/mol. The summed E-state index contributed by atoms with van der Waals surface area (Å²) in [4.78, 5) is 15.7. The Bertz CT molecular complexity index is 412. The molecule has 0 aliphatic carbocycles. The number of aliphatic hydroxyl groups excluding tert-OH is 1. The van der Waals surface area contributed by atoms with Crippen molar-refractivity contribution in [2.75, 3.05) is 25.4 Å². The number of carbonyl (C=O) groups is 1. The Balaban J connectivity index is 0.00000200. The predicted octanol–water partition coefficient (Wildman–Crippen LogP) is 0.855. The standard InChI is InChI=1S/C13H19N3O2S.2ClH/c17-12-7-15-5-11(12)6-16-13(18)9-19-8-10-2-1-3-14-4-10;;/h1-4,11-12,15,17H,5-9H2,(H,16,18);2*1H. The number of aromatic nitrogens is 1. The van der Waals surface area contributed by atoms with Gasteiger partial charge in [-0.25, -0.2) is 0 Å². The third-order valence-electron chi connectivity index (χ3n) is 3.09. The molecular weight excluding hydrogens is 333 g/mol. The number of rotatable bonds is 6. The number of carbonyl (C=O) groups excluding carboxylic acids is 1. The van der Waals surface area contributed by atoms with E-state index in [-0.39, 0.29) is 42.7 Å². The maximum absolute atomic E-state index is 11.6. The first-order valence-corrected chi connectivity index (χ1v) is 7.53. The van der Waals surface area contributed by atoms with Crippen molar-refractivity contribution in [1.29, 1.82) is 0 Å². The summed E-state index contributed by atoms with van der Waals surface area (Å²) in [5, 5.41) is 15.6. The van der Waals surface area contributed by atoms with E-state index in [1.54, 1.807) is 18.0 Å². The molecule has 21 heavy (non-hydrogen) atoms. The van der Waals surface area contributed by atoms with E-state index >= 15 is 0 Å². The van der Waals surface area contributed by atoms with Gasteiger partial charge in [0, 0.05) is 43.7 Å². The first kappa shape index (κ1) is 20.5. The van der Waals surface area contributed by atoms with E-state index in [2.05, 4.69) is 15.6 Å². The summed E-state index contributed by atoms with van der Waals surface area (Å²) in [6.07, 6.45) is 3.20. The second-order valence-electron chi connectivity index (χ2n) is 4.64. The molecule has 2 heterocycles. The van der Waals surface area contributed by atoms with Crippen LogP contribution in [0.3, 0.4) is 0 Å². The van der Waals surface area contributed by atoms with Crippen LogP contribution in [0.15, 0.2) is 24.5 Å². The van der Waals surface area contributed by atoms with E-state index in [0.717, 1.165) is 17.9 Å². The third-order valence-corrected chi connectivity index (χ3v) is 4.09. The Morgan fingerprint density at radius 1 is 1.48 bits per heavy atom. The van der Waals surface area contributed by atoms with Crippen LogP contribution in [-0.4, -0.2) is 47.5 Å². The highest BCUT2D eigenvalue weighted by Gasteiger charge is 2.24. The zero-order chi connectivity index (χ0) is 13.5. The van der Waals surface area contributed by atoms with Gasteiger partial charge in [0.25, 0.3) is 0 Å². The summed E-state index contributed by atoms with van der Waals surface area (Å²) in [5.74, 6) is 1.38. The van der Waals surface area contributed by atoms with Gasteiger partial charge in [0.2, 0.25) is 5.91 Å². The lowest BCUT2D eigenvalue weighted by molar-refractivity contribution is -0.118. The van der Waals surface area contributed by atoms with Gasteiger partial charge in [-0.15, -0.1) is 36.6 Å². The fourth-order valence-electron chi connectivity index (χ4n) is 1.97. The van der Waals surface area contributed by atoms with Crippen LogP contribution in [0.2, 0.25) is 0 Å². The summed E-state index contributed by atoms with van der Waals surface area (Å²) in [6.45, 7) is 1.93. The summed E-state index contributed by atoms with van der Waals surface area (Å²) in [7, 11) is 0. The highest BCUT2D eigenvalue weighted by molar-refractivity contribution is 7.99. The highest BCUT2D eigenvalue weighted by atomic mass is 35.5. The molecule has 1 aromatic heterocycles. The molecule has 1 fully saturated rings. The van der Waals surface area contributed by atoms with Gasteiger partial charge >= 0.3 is 0 Å². The van der Waals surface area contributed by atoms with Gasteiger partial charge in [0.1, 0.15) is 0 Å². The van der Waals surface area contributed by atoms with Gasteiger partial charge in [-0.05, 0) is 11.6 Å². The summed E-state index contributed by atoms with van der Waals surface area (Å²) in [6, 6.07) is 3.89. The minimum Gasteiger partial charge on any atom is -0.391 e. The fraction of sp³-hybridized carbons (Fsp3) is 0.538. The first-order chi connectivity index (χ1) is 9.25. The maximum Gasteiger partial charge on any atom is 0.230 e. The molecule has 2 unspecified atom stereocenters. The molecule has 0 bridgehead atoms. The van der Waals surface area contributed by atoms with Crippen molar-refractivity contribution in [3.8, 4) is 0 Å². The van der Waals surface area contributed by atoms with Crippen LogP contribution in [-0.2, 0) is 10.5 Å². The largest absolute Gasteiger partial charge is 0.391 e. The molecule has 1 aliphatic rings. The monoisotopic (exact) mass is 353 g/mol. The van der Waals surface area contributed by atoms with Crippen molar-refractivity contribution in [2.45, 2.75) is 11.9 Å². The highest BCUT2D eigenvalue weighted by Crippen LogP contribution is 2.11. The van der Waals surface area contributed by atoms with Crippen LogP contribution in [0.1, 0.15) is 5.56 Å². The second kappa shape index (κ2) is 11.1. The van der Waals surface area contributed by atoms with E-state index in [9.17, 15) is 9.90 Å². The zero-order valence-electron chi connectivity index (χ0n) is 11.5. The lowest BCUT2D eigenvalue weighted by Crippen LogP contribution is -2.35. The molecule has 1 aromatic rings. The van der Waals surface area contributed by atoms with E-state index in [1.165, 1.54) is 0 Å². The molecule has 2 atom stereocenters. The van der Waals surface area contributed by atoms with Crippen molar-refractivity contribution >= 4 is 42.5 Å². The van der Waals surface area contributed by atoms with Crippen LogP contribution < -0.4 is 10.6 Å². The Kier molecular flexibility index (Phi) is 10.8. The SMILES string of the molecule is Cl.Cl.O=C(CSCc1cccnc1)NCC1CNCC1O. The van der Waals surface area contributed by atoms with E-state index in [4.69, 9.17) is 0 Å². The lowest BCUT2D eigenvalue weighted by atomic mass is 10.1. The summed E-state index contributed by atoms with van der Waals surface area (Å²) < 4.78 is 0. The molecule has 1 saturated heterocycles. The smallest absolute Gasteiger partial charge is 0.230 e. The van der Waals surface area contributed by atoms with Gasteiger partial charge in [0.05, 0.1) is 11.9 Å². The number of nitrogens with zero attached hydrogens (tertiary/aromatic N) is 1. The molecule has 2 rings (SSSR count). The van der Waals surface area contributed by atoms with Gasteiger partial charge in [-0.2, -0.15) is 0 Å². The third kappa shape index (κ3) is 7.33. The van der Waals surface area contributed by atoms with E-state index < -0.39 is 0 Å². The number of nitrogens with one attached hydrogen (secondary N) is 2. The molecule has 3 N–H and O–H groups in total. The first-order valence-electron chi connectivity index (χ1n) is 6.38. The Labute approximate surface area is 141 Å². The molecule has 0 saturated carbocycles. The molecule has 0 aromatic carbocycles. The maximum atomic E-state index is 11.6. The molecular formula is C13H21Cl2N3O2S. The van der Waals surface area contributed by atoms with E-state index in [1.807, 2.05) is 18.3 Å². The molecule has 1 amide bonds. The van der Waals surface area contributed by atoms with Crippen molar-refractivity contribution in [3.05, 3.63) is 30.1 Å². The minimum atomic E-state index is -0.344. The molecule has 1 aliphatic heterocycles. The zero-order valence-corrected chi connectivity index (χ0v) is 14.0. The molecule has 120 valence electrons. The number of hydrogen-bond acceptors (Lipinski definition) is 5. The van der Waals surface area contributed by atoms with Crippen molar-refractivity contribution in [1.82, 2.24) is 15.6 Å². The van der Waals surface area contributed by atoms with Crippen LogP contribution in [0.25, 0.3) is 0 Å². The number of β-amino-alcohol motifs (C(OH)–C–C–N with tert-alkyl or cyclic N) is 1.